The number of rotatable bonds is 2. The van der Waals surface area contributed by atoms with E-state index in [1.807, 2.05) is 0 Å². The smallest absolute Gasteiger partial charge is 0.339 e. The number of anilines is 1. The molecule has 1 aromatic rings. The fraction of sp³-hybridized carbons (Fsp3) is 0.300. The van der Waals surface area contributed by atoms with Crippen LogP contribution in [0.2, 0.25) is 5.02 Å². The van der Waals surface area contributed by atoms with Crippen molar-refractivity contribution in [2.24, 2.45) is 0 Å². The van der Waals surface area contributed by atoms with Crippen molar-refractivity contribution >= 4 is 23.3 Å². The third-order valence-corrected chi connectivity index (χ3v) is 2.25. The molecule has 0 atom stereocenters. The maximum absolute atomic E-state index is 11.5. The Kier molecular flexibility index (Phi) is 3.36. The van der Waals surface area contributed by atoms with Crippen molar-refractivity contribution < 1.29 is 9.53 Å². The SMILES string of the molecule is CCOC(=O)c1c(Cl)ccc(N)c1C. The molecule has 0 saturated heterocycles. The molecule has 0 radical (unpaired) electrons. The van der Waals surface area contributed by atoms with Crippen LogP contribution in [-0.4, -0.2) is 12.6 Å². The minimum atomic E-state index is -0.428. The summed E-state index contributed by atoms with van der Waals surface area (Å²) < 4.78 is 4.87. The van der Waals surface area contributed by atoms with Crippen LogP contribution < -0.4 is 5.73 Å². The molecule has 1 rings (SSSR count). The van der Waals surface area contributed by atoms with Crippen LogP contribution in [0.1, 0.15) is 22.8 Å². The van der Waals surface area contributed by atoms with E-state index in [2.05, 4.69) is 0 Å². The first-order valence-electron chi connectivity index (χ1n) is 4.29. The molecule has 0 bridgehead atoms. The van der Waals surface area contributed by atoms with Crippen molar-refractivity contribution in [1.29, 1.82) is 0 Å². The zero-order valence-corrected chi connectivity index (χ0v) is 8.89. The van der Waals surface area contributed by atoms with Gasteiger partial charge in [0.15, 0.2) is 0 Å². The molecule has 0 unspecified atom stereocenters. The number of halogens is 1. The number of hydrogen-bond donors (Lipinski definition) is 1. The molecule has 14 heavy (non-hydrogen) atoms. The highest BCUT2D eigenvalue weighted by Crippen LogP contribution is 2.25. The monoisotopic (exact) mass is 213 g/mol. The van der Waals surface area contributed by atoms with Crippen LogP contribution in [0, 0.1) is 6.92 Å². The highest BCUT2D eigenvalue weighted by atomic mass is 35.5. The summed E-state index contributed by atoms with van der Waals surface area (Å²) >= 11 is 5.88. The average Bonchev–Trinajstić information content (AvgIpc) is 2.13. The maximum Gasteiger partial charge on any atom is 0.339 e. The Labute approximate surface area is 87.8 Å². The van der Waals surface area contributed by atoms with E-state index in [9.17, 15) is 4.79 Å². The predicted molar refractivity (Wildman–Crippen MR) is 56.6 cm³/mol. The summed E-state index contributed by atoms with van der Waals surface area (Å²) in [5, 5.41) is 0.371. The van der Waals surface area contributed by atoms with Crippen LogP contribution in [0.5, 0.6) is 0 Å². The Morgan fingerprint density at radius 1 is 1.57 bits per heavy atom. The van der Waals surface area contributed by atoms with E-state index in [4.69, 9.17) is 22.1 Å². The first-order valence-corrected chi connectivity index (χ1v) is 4.67. The van der Waals surface area contributed by atoms with E-state index >= 15 is 0 Å². The molecule has 0 aliphatic rings. The number of nitrogens with two attached hydrogens (primary N) is 1. The number of esters is 1. The Morgan fingerprint density at radius 2 is 2.21 bits per heavy atom. The van der Waals surface area contributed by atoms with Gasteiger partial charge >= 0.3 is 5.97 Å². The van der Waals surface area contributed by atoms with Crippen LogP contribution in [0.25, 0.3) is 0 Å². The van der Waals surface area contributed by atoms with Gasteiger partial charge in [0.2, 0.25) is 0 Å². The average molecular weight is 214 g/mol. The maximum atomic E-state index is 11.5. The summed E-state index contributed by atoms with van der Waals surface area (Å²) in [7, 11) is 0. The van der Waals surface area contributed by atoms with Crippen molar-refractivity contribution in [3.05, 3.63) is 28.3 Å². The molecule has 4 heteroatoms. The Morgan fingerprint density at radius 3 is 2.79 bits per heavy atom. The Hall–Kier alpha value is -1.22. The second-order valence-electron chi connectivity index (χ2n) is 2.86. The number of hydrogen-bond acceptors (Lipinski definition) is 3. The topological polar surface area (TPSA) is 52.3 Å². The van der Waals surface area contributed by atoms with Crippen LogP contribution in [-0.2, 0) is 4.74 Å². The van der Waals surface area contributed by atoms with Gasteiger partial charge in [-0.05, 0) is 31.5 Å². The van der Waals surface area contributed by atoms with Gasteiger partial charge in [-0.25, -0.2) is 4.79 Å². The molecule has 0 spiro atoms. The highest BCUT2D eigenvalue weighted by molar-refractivity contribution is 6.34. The lowest BCUT2D eigenvalue weighted by Gasteiger charge is -2.09. The Bertz CT molecular complexity index is 363. The van der Waals surface area contributed by atoms with E-state index in [-0.39, 0.29) is 0 Å². The van der Waals surface area contributed by atoms with Gasteiger partial charge < -0.3 is 10.5 Å². The molecule has 0 aliphatic carbocycles. The number of nitrogen functional groups attached to an aromatic ring is 1. The van der Waals surface area contributed by atoms with Gasteiger partial charge in [-0.3, -0.25) is 0 Å². The summed E-state index contributed by atoms with van der Waals surface area (Å²) in [5.41, 5.74) is 7.21. The third-order valence-electron chi connectivity index (χ3n) is 1.94. The van der Waals surface area contributed by atoms with Gasteiger partial charge in [0.1, 0.15) is 0 Å². The van der Waals surface area contributed by atoms with E-state index in [1.165, 1.54) is 0 Å². The first-order chi connectivity index (χ1) is 6.57. The van der Waals surface area contributed by atoms with Crippen LogP contribution in [0.15, 0.2) is 12.1 Å². The first kappa shape index (κ1) is 10.9. The largest absolute Gasteiger partial charge is 0.462 e. The second kappa shape index (κ2) is 4.33. The lowest BCUT2D eigenvalue weighted by Crippen LogP contribution is -2.09. The molecular weight excluding hydrogens is 202 g/mol. The lowest BCUT2D eigenvalue weighted by molar-refractivity contribution is 0.0526. The van der Waals surface area contributed by atoms with Crippen molar-refractivity contribution in [3.8, 4) is 0 Å². The molecular formula is C10H12ClNO2. The fourth-order valence-electron chi connectivity index (χ4n) is 1.15. The fourth-order valence-corrected chi connectivity index (χ4v) is 1.43. The zero-order chi connectivity index (χ0) is 10.7. The summed E-state index contributed by atoms with van der Waals surface area (Å²) in [6, 6.07) is 3.26. The van der Waals surface area contributed by atoms with E-state index in [0.29, 0.717) is 28.4 Å². The van der Waals surface area contributed by atoms with Crippen molar-refractivity contribution in [2.75, 3.05) is 12.3 Å². The molecule has 3 nitrogen and oxygen atoms in total. The van der Waals surface area contributed by atoms with Gasteiger partial charge in [-0.1, -0.05) is 11.6 Å². The molecule has 76 valence electrons. The van der Waals surface area contributed by atoms with Crippen LogP contribution in [0.3, 0.4) is 0 Å². The molecule has 0 aromatic heterocycles. The summed E-state index contributed by atoms with van der Waals surface area (Å²) in [6.07, 6.45) is 0. The lowest BCUT2D eigenvalue weighted by atomic mass is 10.1. The van der Waals surface area contributed by atoms with Gasteiger partial charge in [0.25, 0.3) is 0 Å². The quantitative estimate of drug-likeness (QED) is 0.606. The molecule has 2 N–H and O–H groups in total. The minimum Gasteiger partial charge on any atom is -0.462 e. The van der Waals surface area contributed by atoms with E-state index in [0.717, 1.165) is 0 Å². The molecule has 1 aromatic carbocycles. The van der Waals surface area contributed by atoms with Crippen molar-refractivity contribution in [2.45, 2.75) is 13.8 Å². The summed E-state index contributed by atoms with van der Waals surface area (Å²) in [4.78, 5) is 11.5. The van der Waals surface area contributed by atoms with Gasteiger partial charge in [-0.2, -0.15) is 0 Å². The zero-order valence-electron chi connectivity index (χ0n) is 8.13. The van der Waals surface area contributed by atoms with Gasteiger partial charge in [0.05, 0.1) is 17.2 Å². The number of carbonyl (C=O) groups is 1. The number of benzene rings is 1. The van der Waals surface area contributed by atoms with Crippen molar-refractivity contribution in [3.63, 3.8) is 0 Å². The standard InChI is InChI=1S/C10H12ClNO2/c1-3-14-10(13)9-6(2)8(12)5-4-7(9)11/h4-5H,3,12H2,1-2H3. The van der Waals surface area contributed by atoms with E-state index in [1.54, 1.807) is 26.0 Å². The summed E-state index contributed by atoms with van der Waals surface area (Å²) in [6.45, 7) is 3.81. The van der Waals surface area contributed by atoms with Gasteiger partial charge in [-0.15, -0.1) is 0 Å². The second-order valence-corrected chi connectivity index (χ2v) is 3.26. The van der Waals surface area contributed by atoms with Crippen LogP contribution in [0.4, 0.5) is 5.69 Å². The summed E-state index contributed by atoms with van der Waals surface area (Å²) in [5.74, 6) is -0.428. The van der Waals surface area contributed by atoms with E-state index < -0.39 is 5.97 Å². The van der Waals surface area contributed by atoms with Crippen molar-refractivity contribution in [1.82, 2.24) is 0 Å². The number of ether oxygens (including phenoxy) is 1. The predicted octanol–water partition coefficient (Wildman–Crippen LogP) is 2.41. The molecule has 0 saturated carbocycles. The molecule has 0 heterocycles. The normalized spacial score (nSPS) is 9.93. The molecule has 0 fully saturated rings. The third kappa shape index (κ3) is 1.99. The number of carbonyl (C=O) groups excluding carboxylic acids is 1. The molecule has 0 amide bonds. The van der Waals surface area contributed by atoms with Gasteiger partial charge in [0, 0.05) is 5.69 Å². The Balaban J connectivity index is 3.18. The minimum absolute atomic E-state index is 0.323. The highest BCUT2D eigenvalue weighted by Gasteiger charge is 2.15. The molecule has 0 aliphatic heterocycles. The van der Waals surface area contributed by atoms with Crippen LogP contribution >= 0.6 is 11.6 Å².